The van der Waals surface area contributed by atoms with Gasteiger partial charge in [-0.25, -0.2) is 4.89 Å². The molecule has 8 heteroatoms. The number of hydrogen-bond acceptors (Lipinski definition) is 6. The van der Waals surface area contributed by atoms with E-state index in [-0.39, 0.29) is 63.7 Å². The summed E-state index contributed by atoms with van der Waals surface area (Å²) in [6.07, 6.45) is 17.6. The molecule has 0 radical (unpaired) electrons. The second kappa shape index (κ2) is 21.6. The van der Waals surface area contributed by atoms with E-state index in [1.54, 1.807) is 30.3 Å². The van der Waals surface area contributed by atoms with Gasteiger partial charge in [-0.2, -0.15) is 4.67 Å². The summed E-state index contributed by atoms with van der Waals surface area (Å²) >= 11 is 0. The third-order valence-electron chi connectivity index (χ3n) is 4.69. The second-order valence-corrected chi connectivity index (χ2v) is 8.60. The van der Waals surface area contributed by atoms with Gasteiger partial charge in [-0.15, -0.1) is 4.67 Å². The Morgan fingerprint density at radius 3 is 1.70 bits per heavy atom. The second-order valence-electron chi connectivity index (χ2n) is 7.41. The molecule has 0 fully saturated rings. The van der Waals surface area contributed by atoms with Gasteiger partial charge < -0.3 is 9.78 Å². The predicted octanol–water partition coefficient (Wildman–Crippen LogP) is 3.90. The van der Waals surface area contributed by atoms with E-state index < -0.39 is 7.82 Å². The van der Waals surface area contributed by atoms with Gasteiger partial charge in [-0.3, -0.25) is 4.57 Å². The molecule has 0 amide bonds. The van der Waals surface area contributed by atoms with Crippen LogP contribution in [-0.2, 0) is 18.8 Å². The summed E-state index contributed by atoms with van der Waals surface area (Å²) in [6.45, 7) is 2.46. The van der Waals surface area contributed by atoms with E-state index in [4.69, 9.17) is 4.89 Å². The predicted molar refractivity (Wildman–Crippen MR) is 113 cm³/mol. The largest absolute Gasteiger partial charge is 1.00 e. The number of rotatable bonds is 20. The van der Waals surface area contributed by atoms with Gasteiger partial charge in [0, 0.05) is 0 Å². The van der Waals surface area contributed by atoms with Crippen LogP contribution in [0.25, 0.3) is 0 Å². The standard InChI is InChI=1S/C22H39O6P.K/c1-2-3-4-5-6-7-8-9-10-11-12-13-14-18-21-25-27-29(23,24)28-26-22-19-16-15-17-20-22;/h15-17,19-20H,2-14,18,21H2,1H3,(H,23,24);/q;+1/p-1. The normalized spacial score (nSPS) is 12.9. The van der Waals surface area contributed by atoms with Crippen LogP contribution in [-0.4, -0.2) is 6.61 Å². The van der Waals surface area contributed by atoms with Crippen LogP contribution in [0, 0.1) is 0 Å². The van der Waals surface area contributed by atoms with Crippen molar-refractivity contribution in [1.82, 2.24) is 0 Å². The van der Waals surface area contributed by atoms with Crippen molar-refractivity contribution >= 4 is 7.82 Å². The molecule has 1 aromatic rings. The van der Waals surface area contributed by atoms with Gasteiger partial charge >= 0.3 is 59.2 Å². The molecule has 0 bridgehead atoms. The molecule has 1 rings (SSSR count). The Hall–Kier alpha value is 0.726. The van der Waals surface area contributed by atoms with E-state index in [0.717, 1.165) is 19.3 Å². The third kappa shape index (κ3) is 19.4. The maximum absolute atomic E-state index is 11.5. The van der Waals surface area contributed by atoms with Crippen molar-refractivity contribution in [2.45, 2.75) is 96.8 Å². The Morgan fingerprint density at radius 2 is 1.20 bits per heavy atom. The molecule has 30 heavy (non-hydrogen) atoms. The van der Waals surface area contributed by atoms with Gasteiger partial charge in [0.25, 0.3) is 0 Å². The van der Waals surface area contributed by atoms with Crippen LogP contribution in [0.2, 0.25) is 0 Å². The van der Waals surface area contributed by atoms with Crippen molar-refractivity contribution in [1.29, 1.82) is 0 Å². The Labute approximate surface area is 225 Å². The average Bonchev–Trinajstić information content (AvgIpc) is 2.73. The first-order valence-corrected chi connectivity index (χ1v) is 12.6. The molecule has 0 aliphatic rings. The Bertz CT molecular complexity index is 532. The topological polar surface area (TPSA) is 77.1 Å². The quantitative estimate of drug-likeness (QED) is 0.0950. The van der Waals surface area contributed by atoms with Crippen LogP contribution in [0.3, 0.4) is 0 Å². The fraction of sp³-hybridized carbons (Fsp3) is 0.727. The van der Waals surface area contributed by atoms with Crippen molar-refractivity contribution in [3.63, 3.8) is 0 Å². The first-order chi connectivity index (χ1) is 14.1. The molecule has 0 saturated heterocycles. The molecule has 1 atom stereocenters. The Morgan fingerprint density at radius 1 is 0.733 bits per heavy atom. The molecule has 0 spiro atoms. The Balaban J connectivity index is 0.00000841. The molecule has 168 valence electrons. The van der Waals surface area contributed by atoms with Gasteiger partial charge in [0.2, 0.25) is 0 Å². The van der Waals surface area contributed by atoms with E-state index >= 15 is 0 Å². The average molecular weight is 469 g/mol. The van der Waals surface area contributed by atoms with Crippen molar-refractivity contribution < 1.29 is 80.0 Å². The maximum atomic E-state index is 11.5. The van der Waals surface area contributed by atoms with Crippen LogP contribution in [0.15, 0.2) is 30.3 Å². The minimum atomic E-state index is -4.64. The molecule has 1 unspecified atom stereocenters. The zero-order valence-corrected chi connectivity index (χ0v) is 22.9. The van der Waals surface area contributed by atoms with E-state index in [1.807, 2.05) is 0 Å². The monoisotopic (exact) mass is 468 g/mol. The summed E-state index contributed by atoms with van der Waals surface area (Å²) < 4.78 is 20.1. The summed E-state index contributed by atoms with van der Waals surface area (Å²) in [6, 6.07) is 8.30. The fourth-order valence-electron chi connectivity index (χ4n) is 3.03. The maximum Gasteiger partial charge on any atom is 1.00 e. The zero-order chi connectivity index (χ0) is 21.0. The van der Waals surface area contributed by atoms with Crippen LogP contribution < -0.4 is 61.2 Å². The number of para-hydroxylation sites is 1. The van der Waals surface area contributed by atoms with Crippen molar-refractivity contribution in [2.24, 2.45) is 0 Å². The van der Waals surface area contributed by atoms with E-state index in [2.05, 4.69) is 21.2 Å². The SMILES string of the molecule is CCCCCCCCCCCCCCCCOOP(=O)([O-])OOc1ccccc1.[K+]. The molecular formula is C22H38KO6P. The smallest absolute Gasteiger partial charge is 0.752 e. The summed E-state index contributed by atoms with van der Waals surface area (Å²) in [5, 5.41) is 0. The van der Waals surface area contributed by atoms with Crippen LogP contribution >= 0.6 is 7.82 Å². The minimum Gasteiger partial charge on any atom is -0.752 e. The number of phosphoric acid groups is 1. The first-order valence-electron chi connectivity index (χ1n) is 11.2. The summed E-state index contributed by atoms with van der Waals surface area (Å²) in [7, 11) is -4.64. The molecule has 0 aliphatic heterocycles. The zero-order valence-electron chi connectivity index (χ0n) is 18.9. The van der Waals surface area contributed by atoms with Gasteiger partial charge in [-0.1, -0.05) is 109 Å². The Kier molecular flexibility index (Phi) is 22.1. The van der Waals surface area contributed by atoms with Crippen molar-refractivity contribution in [2.75, 3.05) is 6.61 Å². The van der Waals surface area contributed by atoms with Gasteiger partial charge in [0.05, 0.1) is 6.61 Å². The number of benzene rings is 1. The summed E-state index contributed by atoms with van der Waals surface area (Å²) in [5.41, 5.74) is 0. The molecule has 1 aromatic carbocycles. The summed E-state index contributed by atoms with van der Waals surface area (Å²) in [4.78, 5) is 20.9. The third-order valence-corrected chi connectivity index (χ3v) is 5.24. The summed E-state index contributed by atoms with van der Waals surface area (Å²) in [5.74, 6) is 0.263. The van der Waals surface area contributed by atoms with Crippen molar-refractivity contribution in [3.8, 4) is 5.75 Å². The van der Waals surface area contributed by atoms with E-state index in [9.17, 15) is 9.46 Å². The van der Waals surface area contributed by atoms with Gasteiger partial charge in [0.15, 0.2) is 5.75 Å². The molecule has 0 N–H and O–H groups in total. The van der Waals surface area contributed by atoms with Crippen LogP contribution in [0.4, 0.5) is 0 Å². The molecule has 0 heterocycles. The van der Waals surface area contributed by atoms with E-state index in [1.165, 1.54) is 70.6 Å². The number of unbranched alkanes of at least 4 members (excludes halogenated alkanes) is 13. The van der Waals surface area contributed by atoms with Crippen LogP contribution in [0.5, 0.6) is 5.75 Å². The molecule has 0 saturated carbocycles. The fourth-order valence-corrected chi connectivity index (χ4v) is 3.44. The molecular weight excluding hydrogens is 430 g/mol. The first kappa shape index (κ1) is 30.7. The van der Waals surface area contributed by atoms with Crippen molar-refractivity contribution in [3.05, 3.63) is 30.3 Å². The van der Waals surface area contributed by atoms with E-state index in [0.29, 0.717) is 0 Å². The van der Waals surface area contributed by atoms with Crippen LogP contribution in [0.1, 0.15) is 96.8 Å². The minimum absolute atomic E-state index is 0. The molecule has 0 aliphatic carbocycles. The van der Waals surface area contributed by atoms with Gasteiger partial charge in [-0.05, 0) is 18.6 Å². The van der Waals surface area contributed by atoms with Gasteiger partial charge in [0.1, 0.15) is 0 Å². The molecule has 6 nitrogen and oxygen atoms in total. The number of hydrogen-bond donors (Lipinski definition) is 0. The molecule has 0 aromatic heterocycles.